The first-order valence-electron chi connectivity index (χ1n) is 24.3. The molecule has 8 aromatic carbocycles. The van der Waals surface area contributed by atoms with Crippen molar-refractivity contribution < 1.29 is 9.47 Å². The number of nitrogens with two attached hydrogens (primary N) is 2. The summed E-state index contributed by atoms with van der Waals surface area (Å²) >= 11 is 26.1. The summed E-state index contributed by atoms with van der Waals surface area (Å²) in [5.41, 5.74) is 21.7. The summed E-state index contributed by atoms with van der Waals surface area (Å²) in [6.45, 7) is 8.85. The number of halogens is 2. The second-order valence-corrected chi connectivity index (χ2v) is 35.6. The van der Waals surface area contributed by atoms with Crippen molar-refractivity contribution in [1.82, 2.24) is 0 Å². The Bertz CT molecular complexity index is 2910. The predicted molar refractivity (Wildman–Crippen MR) is 365 cm³/mol. The van der Waals surface area contributed by atoms with Crippen LogP contribution in [0, 0.1) is 11.3 Å². The van der Waals surface area contributed by atoms with Crippen LogP contribution in [-0.2, 0) is 35.1 Å². The van der Waals surface area contributed by atoms with Crippen LogP contribution in [0.15, 0.2) is 256 Å². The second kappa shape index (κ2) is 39.8. The Kier molecular flexibility index (Phi) is 34.6. The summed E-state index contributed by atoms with van der Waals surface area (Å²) in [5, 5.41) is 8.56. The zero-order valence-electron chi connectivity index (χ0n) is 43.2. The molecule has 0 amide bonds. The number of benzene rings is 8. The van der Waals surface area contributed by atoms with Gasteiger partial charge in [0.05, 0.1) is 6.07 Å². The molecule has 8 rings (SSSR count). The van der Waals surface area contributed by atoms with Crippen molar-refractivity contribution in [3.63, 3.8) is 0 Å². The molecule has 0 unspecified atom stereocenters. The Morgan fingerprint density at radius 2 is 0.649 bits per heavy atom. The molecule has 4 N–H and O–H groups in total. The Balaban J connectivity index is 0.000000220. The molecule has 0 spiro atoms. The fraction of sp³-hybridized carbons (Fsp3) is 0.159. The Morgan fingerprint density at radius 3 is 0.870 bits per heavy atom. The van der Waals surface area contributed by atoms with Crippen molar-refractivity contribution in [3.05, 3.63) is 262 Å². The molecule has 8 aromatic rings. The molecule has 0 radical (unpaired) electrons. The van der Waals surface area contributed by atoms with Crippen LogP contribution in [0.25, 0.3) is 0 Å². The van der Waals surface area contributed by atoms with Gasteiger partial charge in [-0.25, -0.2) is 0 Å². The number of nitrogens with zero attached hydrogens (tertiary/aromatic N) is 1. The van der Waals surface area contributed by atoms with Crippen molar-refractivity contribution in [1.29, 1.82) is 5.26 Å². The molecule has 0 aliphatic carbocycles. The number of nitriles is 1. The Labute approximate surface area is 526 Å². The van der Waals surface area contributed by atoms with E-state index in [1.807, 2.05) is 36.4 Å². The van der Waals surface area contributed by atoms with Crippen molar-refractivity contribution in [3.8, 4) is 6.07 Å². The van der Waals surface area contributed by atoms with Gasteiger partial charge in [-0.05, 0) is 190 Å². The van der Waals surface area contributed by atoms with Gasteiger partial charge in [-0.2, -0.15) is 5.26 Å². The van der Waals surface area contributed by atoms with Crippen LogP contribution in [0.5, 0.6) is 0 Å². The van der Waals surface area contributed by atoms with Crippen LogP contribution in [0.2, 0.25) is 0 Å². The minimum atomic E-state index is 0.505. The van der Waals surface area contributed by atoms with Gasteiger partial charge in [-0.3, -0.25) is 0 Å². The first-order chi connectivity index (χ1) is 37.3. The third-order valence-electron chi connectivity index (χ3n) is 11.0. The van der Waals surface area contributed by atoms with E-state index in [4.69, 9.17) is 16.7 Å². The van der Waals surface area contributed by atoms with Gasteiger partial charge in [0.15, 0.2) is 0 Å². The average Bonchev–Trinajstić information content (AvgIpc) is 3.45. The van der Waals surface area contributed by atoms with Crippen LogP contribution in [0.3, 0.4) is 0 Å². The molecule has 14 heteroatoms. The molecular weight excluding hydrogens is 1360 g/mol. The molecule has 77 heavy (non-hydrogen) atoms. The molecule has 0 fully saturated rings. The van der Waals surface area contributed by atoms with Crippen LogP contribution >= 0.6 is 137 Å². The van der Waals surface area contributed by atoms with E-state index < -0.39 is 0 Å². The van der Waals surface area contributed by atoms with Gasteiger partial charge in [-0.1, -0.05) is 134 Å². The van der Waals surface area contributed by atoms with Crippen LogP contribution < -0.4 is 11.5 Å². The van der Waals surface area contributed by atoms with Crippen LogP contribution in [0.4, 0.5) is 0 Å². The van der Waals surface area contributed by atoms with Crippen LogP contribution in [0.1, 0.15) is 50.9 Å². The SMILES string of the molecule is C=C(CN)Sc1ccc(Cc2ccc(SC)cc2)cc1.C=C(CN)Sc1ccc(Cc2ccc(SCCC#N)cc2)cc1.CSc1ccc(Cc2ccc(S)cc2)cc1.Sc1ccc(Cc2ccc(S)cc2)cc1.[I][V][I]. The molecule has 399 valence electrons. The fourth-order valence-corrected chi connectivity index (χ4v) is 10.4. The van der Waals surface area contributed by atoms with E-state index in [0.29, 0.717) is 29.0 Å². The molecule has 0 saturated heterocycles. The summed E-state index contributed by atoms with van der Waals surface area (Å²) in [7, 11) is 0.628. The molecule has 0 bridgehead atoms. The van der Waals surface area contributed by atoms with E-state index in [1.165, 1.54) is 69.0 Å². The summed E-state index contributed by atoms with van der Waals surface area (Å²) < 4.78 is 0. The molecule has 0 atom stereocenters. The summed E-state index contributed by atoms with van der Waals surface area (Å²) in [5.74, 6) is 0.850. The summed E-state index contributed by atoms with van der Waals surface area (Å²) in [6.07, 6.45) is 8.63. The predicted octanol–water partition coefficient (Wildman–Crippen LogP) is 19.3. The maximum atomic E-state index is 8.56. The molecule has 0 aromatic heterocycles. The number of thioether (sulfide) groups is 5. The minimum absolute atomic E-state index is 0.505. The van der Waals surface area contributed by atoms with Gasteiger partial charge in [0.25, 0.3) is 0 Å². The molecule has 3 nitrogen and oxygen atoms in total. The third-order valence-corrected chi connectivity index (χ3v) is 16.3. The maximum absolute atomic E-state index is 8.56. The van der Waals surface area contributed by atoms with Crippen molar-refractivity contribution in [2.75, 3.05) is 31.4 Å². The van der Waals surface area contributed by atoms with E-state index in [9.17, 15) is 0 Å². The monoisotopic (exact) mass is 1420 g/mol. The van der Waals surface area contributed by atoms with Gasteiger partial charge in [0.1, 0.15) is 0 Å². The van der Waals surface area contributed by atoms with Gasteiger partial charge < -0.3 is 11.5 Å². The zero-order valence-corrected chi connectivity index (χ0v) is 55.7. The first-order valence-corrected chi connectivity index (χ1v) is 39.7. The van der Waals surface area contributed by atoms with E-state index in [0.717, 1.165) is 55.9 Å². The molecule has 0 aliphatic heterocycles. The molecule has 0 aliphatic rings. The molecular formula is C63H65I2N3S8V. The average molecular weight is 1430 g/mol. The number of hydrogen-bond donors (Lipinski definition) is 5. The number of rotatable bonds is 19. The normalized spacial score (nSPS) is 10.1. The van der Waals surface area contributed by atoms with Gasteiger partial charge in [-0.15, -0.1) is 73.2 Å². The summed E-state index contributed by atoms with van der Waals surface area (Å²) in [4.78, 5) is 11.2. The van der Waals surface area contributed by atoms with Crippen molar-refractivity contribution in [2.24, 2.45) is 11.5 Å². The molecule has 0 heterocycles. The second-order valence-electron chi connectivity index (χ2n) is 16.8. The van der Waals surface area contributed by atoms with E-state index in [1.54, 1.807) is 58.8 Å². The third kappa shape index (κ3) is 28.7. The fourth-order valence-electron chi connectivity index (χ4n) is 6.96. The standard InChI is InChI=1S/C19H20N2S2.C17H19NS2.C14H14S2.C13H12S2.2HI.V/c1-15(14-21)23-19-9-5-17(6-10-19)13-16-3-7-18(8-4-16)22-12-2-11-20;1-13(12-18)20-17-9-5-15(6-10-17)11-14-3-7-16(19-2)8-4-14;1-16-14-8-4-12(5-9-14)10-11-2-6-13(15)7-3-11;14-12-5-1-10(2-6-12)9-11-3-7-13(15)8-4-11;;;/h3-10H,1-2,12-14,21H2;3-10H,1,11-12,18H2,2H3;2-9,15H,10H2,1H3;1-8,14-15H,9H2;2*1H;/q;;;;;;+2/p-2. The van der Waals surface area contributed by atoms with Crippen molar-refractivity contribution >= 4 is 137 Å². The zero-order chi connectivity index (χ0) is 55.6. The molecule has 0 saturated carbocycles. The van der Waals surface area contributed by atoms with E-state index in [-0.39, 0.29) is 0 Å². The number of thiol groups is 3. The Hall–Kier alpha value is -2.51. The van der Waals surface area contributed by atoms with Gasteiger partial charge in [0, 0.05) is 64.4 Å². The summed E-state index contributed by atoms with van der Waals surface area (Å²) in [6, 6.07) is 70.2. The van der Waals surface area contributed by atoms with E-state index >= 15 is 0 Å². The van der Waals surface area contributed by atoms with Gasteiger partial charge in [0.2, 0.25) is 0 Å². The first kappa shape index (κ1) is 67.0. The number of hydrogen-bond acceptors (Lipinski definition) is 11. The van der Waals surface area contributed by atoms with E-state index in [2.05, 4.69) is 267 Å². The Morgan fingerprint density at radius 1 is 0.429 bits per heavy atom. The van der Waals surface area contributed by atoms with Crippen molar-refractivity contribution in [2.45, 2.75) is 71.3 Å². The van der Waals surface area contributed by atoms with Crippen LogP contribution in [-0.4, -0.2) is 31.4 Å². The quantitative estimate of drug-likeness (QED) is 0.0237. The van der Waals surface area contributed by atoms with Gasteiger partial charge >= 0.3 is 49.4 Å². The topological polar surface area (TPSA) is 75.8 Å².